The molecule has 90 valence electrons. The molecule has 1 heterocycles. The average Bonchev–Trinajstić information content (AvgIpc) is 2.16. The summed E-state index contributed by atoms with van der Waals surface area (Å²) in [4.78, 5) is 4.23. The molecule has 0 aliphatic rings. The highest BCUT2D eigenvalue weighted by Crippen LogP contribution is 2.20. The van der Waals surface area contributed by atoms with Gasteiger partial charge in [-0.05, 0) is 46.2 Å². The summed E-state index contributed by atoms with van der Waals surface area (Å²) in [5.41, 5.74) is 2.08. The molecule has 0 spiro atoms. The van der Waals surface area contributed by atoms with Crippen molar-refractivity contribution >= 4 is 11.4 Å². The molecule has 0 amide bonds. The van der Waals surface area contributed by atoms with Gasteiger partial charge in [0.25, 0.3) is 0 Å². The van der Waals surface area contributed by atoms with Crippen LogP contribution < -0.4 is 4.72 Å². The maximum absolute atomic E-state index is 11.9. The molecule has 1 aromatic rings. The zero-order valence-electron chi connectivity index (χ0n) is 10.6. The van der Waals surface area contributed by atoms with Gasteiger partial charge in [0.05, 0.1) is 6.04 Å². The fraction of sp³-hybridized carbons (Fsp3) is 0.583. The van der Waals surface area contributed by atoms with Gasteiger partial charge in [-0.3, -0.25) is 4.98 Å². The Morgan fingerprint density at radius 2 is 2.06 bits per heavy atom. The van der Waals surface area contributed by atoms with Gasteiger partial charge in [0, 0.05) is 23.3 Å². The second kappa shape index (κ2) is 5.17. The van der Waals surface area contributed by atoms with Gasteiger partial charge in [-0.1, -0.05) is 6.07 Å². The van der Waals surface area contributed by atoms with Crippen LogP contribution in [0, 0.1) is 6.92 Å². The lowest BCUT2D eigenvalue weighted by Crippen LogP contribution is -2.40. The van der Waals surface area contributed by atoms with Crippen LogP contribution in [0.25, 0.3) is 0 Å². The van der Waals surface area contributed by atoms with Crippen molar-refractivity contribution in [3.8, 4) is 0 Å². The number of hydrogen-bond acceptors (Lipinski definition) is 3. The molecule has 0 fully saturated rings. The first-order valence-electron chi connectivity index (χ1n) is 5.42. The summed E-state index contributed by atoms with van der Waals surface area (Å²) in [6.45, 7) is 9.85. The molecular formula is C12H20N2OS. The second-order valence-corrected chi connectivity index (χ2v) is 6.90. The number of aromatic nitrogens is 1. The van der Waals surface area contributed by atoms with Crippen molar-refractivity contribution < 1.29 is 4.55 Å². The van der Waals surface area contributed by atoms with E-state index in [0.717, 1.165) is 11.3 Å². The summed E-state index contributed by atoms with van der Waals surface area (Å²) in [7, 11) is 0. The summed E-state index contributed by atoms with van der Waals surface area (Å²) < 4.78 is 14.8. The predicted molar refractivity (Wildman–Crippen MR) is 68.4 cm³/mol. The van der Waals surface area contributed by atoms with Gasteiger partial charge in [0.15, 0.2) is 0 Å². The smallest absolute Gasteiger partial charge is 0.136 e. The van der Waals surface area contributed by atoms with Gasteiger partial charge >= 0.3 is 0 Å². The summed E-state index contributed by atoms with van der Waals surface area (Å²) in [5.74, 6) is 0. The van der Waals surface area contributed by atoms with Crippen LogP contribution in [-0.2, 0) is 11.4 Å². The molecule has 0 radical (unpaired) electrons. The average molecular weight is 240 g/mol. The summed E-state index contributed by atoms with van der Waals surface area (Å²) >= 11 is -1.05. The quantitative estimate of drug-likeness (QED) is 0.826. The highest BCUT2D eigenvalue weighted by molar-refractivity contribution is 7.90. The SMILES string of the molecule is Cc1ncccc1[C@@H](C)N[S@@+]([O-])C(C)(C)C. The first-order chi connectivity index (χ1) is 7.32. The Morgan fingerprint density at radius 1 is 1.44 bits per heavy atom. The summed E-state index contributed by atoms with van der Waals surface area (Å²) in [6, 6.07) is 3.97. The molecule has 0 aliphatic carbocycles. The number of aryl methyl sites for hydroxylation is 1. The van der Waals surface area contributed by atoms with E-state index in [2.05, 4.69) is 9.71 Å². The lowest BCUT2D eigenvalue weighted by atomic mass is 10.1. The standard InChI is InChI=1S/C12H20N2OS/c1-9-11(7-6-8-13-9)10(2)14-16(15)12(3,4)5/h6-8,10,14H,1-5H3/t10-,16+/m1/s1. The number of pyridine rings is 1. The molecule has 0 aliphatic heterocycles. The minimum absolute atomic E-state index is 0.0498. The van der Waals surface area contributed by atoms with E-state index in [1.165, 1.54) is 0 Å². The minimum Gasteiger partial charge on any atom is -0.598 e. The molecule has 0 unspecified atom stereocenters. The van der Waals surface area contributed by atoms with E-state index >= 15 is 0 Å². The maximum atomic E-state index is 11.9. The first kappa shape index (κ1) is 13.5. The van der Waals surface area contributed by atoms with Crippen LogP contribution in [0.2, 0.25) is 0 Å². The van der Waals surface area contributed by atoms with E-state index in [9.17, 15) is 4.55 Å². The van der Waals surface area contributed by atoms with Crippen molar-refractivity contribution in [1.29, 1.82) is 0 Å². The van der Waals surface area contributed by atoms with Gasteiger partial charge in [-0.15, -0.1) is 4.72 Å². The van der Waals surface area contributed by atoms with E-state index in [1.54, 1.807) is 6.20 Å². The van der Waals surface area contributed by atoms with Gasteiger partial charge in [0.2, 0.25) is 0 Å². The number of hydrogen-bond donors (Lipinski definition) is 1. The normalized spacial score (nSPS) is 15.9. The van der Waals surface area contributed by atoms with Gasteiger partial charge in [-0.25, -0.2) is 0 Å². The minimum atomic E-state index is -1.05. The molecule has 0 aromatic carbocycles. The Bertz CT molecular complexity index is 349. The van der Waals surface area contributed by atoms with Crippen molar-refractivity contribution in [2.24, 2.45) is 0 Å². The zero-order valence-corrected chi connectivity index (χ0v) is 11.4. The van der Waals surface area contributed by atoms with Crippen molar-refractivity contribution in [2.45, 2.75) is 45.4 Å². The van der Waals surface area contributed by atoms with Crippen molar-refractivity contribution in [3.05, 3.63) is 29.6 Å². The van der Waals surface area contributed by atoms with E-state index < -0.39 is 11.4 Å². The van der Waals surface area contributed by atoms with E-state index in [0.29, 0.717) is 0 Å². The van der Waals surface area contributed by atoms with Crippen LogP contribution in [0.15, 0.2) is 18.3 Å². The highest BCUT2D eigenvalue weighted by atomic mass is 32.2. The van der Waals surface area contributed by atoms with Crippen LogP contribution in [0.4, 0.5) is 0 Å². The molecular weight excluding hydrogens is 220 g/mol. The third-order valence-corrected chi connectivity index (χ3v) is 4.03. The van der Waals surface area contributed by atoms with E-state index in [1.807, 2.05) is 46.8 Å². The molecule has 16 heavy (non-hydrogen) atoms. The monoisotopic (exact) mass is 240 g/mol. The zero-order chi connectivity index (χ0) is 12.3. The Morgan fingerprint density at radius 3 is 2.56 bits per heavy atom. The maximum Gasteiger partial charge on any atom is 0.136 e. The molecule has 4 heteroatoms. The van der Waals surface area contributed by atoms with Crippen LogP contribution in [0.3, 0.4) is 0 Å². The van der Waals surface area contributed by atoms with Gasteiger partial charge < -0.3 is 4.55 Å². The molecule has 3 nitrogen and oxygen atoms in total. The van der Waals surface area contributed by atoms with Crippen LogP contribution in [0.1, 0.15) is 45.0 Å². The largest absolute Gasteiger partial charge is 0.598 e. The summed E-state index contributed by atoms with van der Waals surface area (Å²) in [6.07, 6.45) is 1.77. The Kier molecular flexibility index (Phi) is 4.35. The van der Waals surface area contributed by atoms with E-state index in [4.69, 9.17) is 0 Å². The van der Waals surface area contributed by atoms with Gasteiger partial charge in [-0.2, -0.15) is 0 Å². The van der Waals surface area contributed by atoms with Crippen LogP contribution >= 0.6 is 0 Å². The molecule has 0 saturated carbocycles. The molecule has 1 rings (SSSR count). The predicted octanol–water partition coefficient (Wildman–Crippen LogP) is 2.50. The fourth-order valence-electron chi connectivity index (χ4n) is 1.36. The molecule has 1 N–H and O–H groups in total. The lowest BCUT2D eigenvalue weighted by Gasteiger charge is -2.26. The Balaban J connectivity index is 2.73. The first-order valence-corrected chi connectivity index (χ1v) is 6.57. The Labute approximate surface area is 101 Å². The topological polar surface area (TPSA) is 48.0 Å². The van der Waals surface area contributed by atoms with Gasteiger partial charge in [0.1, 0.15) is 4.75 Å². The third-order valence-electron chi connectivity index (χ3n) is 2.35. The third kappa shape index (κ3) is 3.47. The lowest BCUT2D eigenvalue weighted by molar-refractivity contribution is 0.530. The molecule has 2 atom stereocenters. The van der Waals surface area contributed by atoms with Crippen LogP contribution in [-0.4, -0.2) is 14.3 Å². The van der Waals surface area contributed by atoms with Crippen LogP contribution in [0.5, 0.6) is 0 Å². The van der Waals surface area contributed by atoms with Crippen molar-refractivity contribution in [1.82, 2.24) is 9.71 Å². The molecule has 0 saturated heterocycles. The number of nitrogens with zero attached hydrogens (tertiary/aromatic N) is 1. The molecule has 0 bridgehead atoms. The highest BCUT2D eigenvalue weighted by Gasteiger charge is 2.28. The fourth-order valence-corrected chi connectivity index (χ4v) is 2.16. The van der Waals surface area contributed by atoms with E-state index in [-0.39, 0.29) is 10.8 Å². The number of rotatable bonds is 3. The summed E-state index contributed by atoms with van der Waals surface area (Å²) in [5, 5.41) is 0. The second-order valence-electron chi connectivity index (χ2n) is 4.90. The molecule has 1 aromatic heterocycles. The Hall–Kier alpha value is -0.580. The van der Waals surface area contributed by atoms with Crippen molar-refractivity contribution in [3.63, 3.8) is 0 Å². The number of nitrogens with one attached hydrogen (secondary N) is 1. The van der Waals surface area contributed by atoms with Crippen molar-refractivity contribution in [2.75, 3.05) is 0 Å².